The average Bonchev–Trinajstić information content (AvgIpc) is 2.83. The fraction of sp³-hybridized carbons (Fsp3) is 0.273. The minimum absolute atomic E-state index is 0.143. The molecule has 0 atom stereocenters. The number of halogens is 2. The Kier molecular flexibility index (Phi) is 4.53. The normalized spacial score (nSPS) is 10.8. The summed E-state index contributed by atoms with van der Waals surface area (Å²) in [5, 5.41) is 22.0. The third-order valence-electron chi connectivity index (χ3n) is 2.54. The summed E-state index contributed by atoms with van der Waals surface area (Å²) in [6, 6.07) is 2.46. The summed E-state index contributed by atoms with van der Waals surface area (Å²) in [5.74, 6) is 0. The van der Waals surface area contributed by atoms with E-state index < -0.39 is 4.92 Å². The molecule has 1 heterocycles. The predicted molar refractivity (Wildman–Crippen MR) is 75.4 cm³/mol. The number of rotatable bonds is 5. The molecule has 106 valence electrons. The molecule has 20 heavy (non-hydrogen) atoms. The maximum absolute atomic E-state index is 10.7. The molecule has 0 amide bonds. The van der Waals surface area contributed by atoms with Gasteiger partial charge in [0.2, 0.25) is 0 Å². The van der Waals surface area contributed by atoms with Crippen molar-refractivity contribution < 1.29 is 4.92 Å². The fourth-order valence-electron chi connectivity index (χ4n) is 1.62. The smallest absolute Gasteiger partial charge is 0.272 e. The van der Waals surface area contributed by atoms with Crippen molar-refractivity contribution in [2.24, 2.45) is 0 Å². The molecule has 7 nitrogen and oxygen atoms in total. The van der Waals surface area contributed by atoms with E-state index in [1.165, 1.54) is 16.8 Å². The van der Waals surface area contributed by atoms with Crippen molar-refractivity contribution in [1.82, 2.24) is 20.3 Å². The van der Waals surface area contributed by atoms with E-state index in [1.807, 2.05) is 6.92 Å². The number of hydrogen-bond donors (Lipinski definition) is 1. The Balaban J connectivity index is 2.37. The fourth-order valence-corrected chi connectivity index (χ4v) is 2.27. The highest BCUT2D eigenvalue weighted by atomic mass is 35.5. The van der Waals surface area contributed by atoms with E-state index in [2.05, 4.69) is 15.6 Å². The van der Waals surface area contributed by atoms with Crippen molar-refractivity contribution in [2.75, 3.05) is 6.54 Å². The number of nitro benzene ring substituents is 1. The van der Waals surface area contributed by atoms with Crippen molar-refractivity contribution in [3.63, 3.8) is 0 Å². The van der Waals surface area contributed by atoms with E-state index in [0.717, 1.165) is 12.2 Å². The SMILES string of the molecule is CCNCc1cn(-c2c(Cl)cc([N+](=O)[O-])cc2Cl)nn1. The molecule has 0 spiro atoms. The third-order valence-corrected chi connectivity index (χ3v) is 3.11. The summed E-state index contributed by atoms with van der Waals surface area (Å²) in [5.41, 5.74) is 0.920. The number of benzene rings is 1. The van der Waals surface area contributed by atoms with E-state index in [9.17, 15) is 10.1 Å². The molecular weight excluding hydrogens is 305 g/mol. The summed E-state index contributed by atoms with van der Waals surface area (Å²) in [4.78, 5) is 10.2. The molecular formula is C11H11Cl2N5O2. The summed E-state index contributed by atoms with van der Waals surface area (Å²) in [6.45, 7) is 3.36. The standard InChI is InChI=1S/C11H11Cl2N5O2/c1-2-14-5-7-6-17(16-15-7)11-9(12)3-8(18(19)20)4-10(11)13/h3-4,6,14H,2,5H2,1H3. The van der Waals surface area contributed by atoms with Crippen LogP contribution < -0.4 is 5.32 Å². The highest BCUT2D eigenvalue weighted by molar-refractivity contribution is 6.38. The van der Waals surface area contributed by atoms with Crippen LogP contribution in [0.15, 0.2) is 18.3 Å². The van der Waals surface area contributed by atoms with Gasteiger partial charge in [0.25, 0.3) is 5.69 Å². The van der Waals surface area contributed by atoms with Crippen LogP contribution in [0.5, 0.6) is 0 Å². The molecule has 0 fully saturated rings. The van der Waals surface area contributed by atoms with Gasteiger partial charge >= 0.3 is 0 Å². The number of nitro groups is 1. The summed E-state index contributed by atoms with van der Waals surface area (Å²) in [7, 11) is 0. The van der Waals surface area contributed by atoms with Gasteiger partial charge in [-0.25, -0.2) is 4.68 Å². The summed E-state index contributed by atoms with van der Waals surface area (Å²) >= 11 is 12.1. The quantitative estimate of drug-likeness (QED) is 0.677. The van der Waals surface area contributed by atoms with Crippen molar-refractivity contribution in [2.45, 2.75) is 13.5 Å². The zero-order valence-corrected chi connectivity index (χ0v) is 12.0. The molecule has 1 aromatic heterocycles. The summed E-state index contributed by atoms with van der Waals surface area (Å²) in [6.07, 6.45) is 1.67. The average molecular weight is 316 g/mol. The second-order valence-corrected chi connectivity index (χ2v) is 4.76. The first-order valence-corrected chi connectivity index (χ1v) is 6.54. The molecule has 0 aliphatic heterocycles. The molecule has 2 aromatic rings. The third kappa shape index (κ3) is 3.06. The Morgan fingerprint density at radius 2 is 2.05 bits per heavy atom. The van der Waals surface area contributed by atoms with Crippen LogP contribution in [0, 0.1) is 10.1 Å². The minimum atomic E-state index is -0.556. The molecule has 2 rings (SSSR count). The maximum Gasteiger partial charge on any atom is 0.272 e. The Morgan fingerprint density at radius 1 is 1.40 bits per heavy atom. The van der Waals surface area contributed by atoms with E-state index in [1.54, 1.807) is 6.20 Å². The molecule has 0 bridgehead atoms. The van der Waals surface area contributed by atoms with Crippen molar-refractivity contribution in [3.8, 4) is 5.69 Å². The van der Waals surface area contributed by atoms with Gasteiger partial charge in [0.1, 0.15) is 5.69 Å². The van der Waals surface area contributed by atoms with Crippen LogP contribution in [0.4, 0.5) is 5.69 Å². The van der Waals surface area contributed by atoms with Crippen LogP contribution >= 0.6 is 23.2 Å². The second kappa shape index (κ2) is 6.17. The summed E-state index contributed by atoms with van der Waals surface area (Å²) < 4.78 is 1.40. The second-order valence-electron chi connectivity index (χ2n) is 3.95. The lowest BCUT2D eigenvalue weighted by molar-refractivity contribution is -0.384. The molecule has 9 heteroatoms. The van der Waals surface area contributed by atoms with Gasteiger partial charge in [0, 0.05) is 18.7 Å². The Morgan fingerprint density at radius 3 is 2.60 bits per heavy atom. The monoisotopic (exact) mass is 315 g/mol. The Labute approximate surface area is 124 Å². The van der Waals surface area contributed by atoms with E-state index in [-0.39, 0.29) is 15.7 Å². The number of aromatic nitrogens is 3. The first-order chi connectivity index (χ1) is 9.52. The van der Waals surface area contributed by atoms with Gasteiger partial charge < -0.3 is 5.32 Å². The first-order valence-electron chi connectivity index (χ1n) is 5.78. The number of nitrogens with one attached hydrogen (secondary N) is 1. The van der Waals surface area contributed by atoms with Gasteiger partial charge in [-0.05, 0) is 6.54 Å². The van der Waals surface area contributed by atoms with E-state index in [4.69, 9.17) is 23.2 Å². The van der Waals surface area contributed by atoms with Gasteiger partial charge in [-0.15, -0.1) is 5.10 Å². The van der Waals surface area contributed by atoms with Crippen LogP contribution in [0.2, 0.25) is 10.0 Å². The number of nitrogens with zero attached hydrogens (tertiary/aromatic N) is 4. The Hall–Kier alpha value is -1.70. The van der Waals surface area contributed by atoms with Crippen LogP contribution in [0.25, 0.3) is 5.69 Å². The van der Waals surface area contributed by atoms with Crippen molar-refractivity contribution in [3.05, 3.63) is 44.2 Å². The van der Waals surface area contributed by atoms with Crippen LogP contribution in [0.1, 0.15) is 12.6 Å². The van der Waals surface area contributed by atoms with Gasteiger partial charge in [-0.3, -0.25) is 10.1 Å². The zero-order chi connectivity index (χ0) is 14.7. The molecule has 0 radical (unpaired) electrons. The zero-order valence-electron chi connectivity index (χ0n) is 10.5. The van der Waals surface area contributed by atoms with E-state index in [0.29, 0.717) is 12.2 Å². The first kappa shape index (κ1) is 14.7. The van der Waals surface area contributed by atoms with Gasteiger partial charge in [0.05, 0.1) is 26.9 Å². The molecule has 0 unspecified atom stereocenters. The molecule has 0 saturated heterocycles. The molecule has 0 aliphatic rings. The van der Waals surface area contributed by atoms with Crippen molar-refractivity contribution in [1.29, 1.82) is 0 Å². The molecule has 0 aliphatic carbocycles. The Bertz CT molecular complexity index is 620. The predicted octanol–water partition coefficient (Wildman–Crippen LogP) is 2.59. The van der Waals surface area contributed by atoms with Gasteiger partial charge in [-0.1, -0.05) is 35.3 Å². The maximum atomic E-state index is 10.7. The molecule has 1 N–H and O–H groups in total. The van der Waals surface area contributed by atoms with Gasteiger partial charge in [-0.2, -0.15) is 0 Å². The topological polar surface area (TPSA) is 85.9 Å². The van der Waals surface area contributed by atoms with Gasteiger partial charge in [0.15, 0.2) is 0 Å². The van der Waals surface area contributed by atoms with Crippen LogP contribution in [-0.4, -0.2) is 26.5 Å². The lowest BCUT2D eigenvalue weighted by Gasteiger charge is -2.05. The minimum Gasteiger partial charge on any atom is -0.311 e. The van der Waals surface area contributed by atoms with Crippen LogP contribution in [-0.2, 0) is 6.54 Å². The number of non-ortho nitro benzene ring substituents is 1. The van der Waals surface area contributed by atoms with Crippen molar-refractivity contribution >= 4 is 28.9 Å². The largest absolute Gasteiger partial charge is 0.311 e. The highest BCUT2D eigenvalue weighted by Crippen LogP contribution is 2.32. The lowest BCUT2D eigenvalue weighted by Crippen LogP contribution is -2.11. The van der Waals surface area contributed by atoms with Crippen LogP contribution in [0.3, 0.4) is 0 Å². The molecule has 0 saturated carbocycles. The lowest BCUT2D eigenvalue weighted by atomic mass is 10.3. The number of hydrogen-bond acceptors (Lipinski definition) is 5. The highest BCUT2D eigenvalue weighted by Gasteiger charge is 2.17. The van der Waals surface area contributed by atoms with E-state index >= 15 is 0 Å². The molecule has 1 aromatic carbocycles.